The lowest BCUT2D eigenvalue weighted by atomic mass is 10.2. The first-order chi connectivity index (χ1) is 15.6. The predicted molar refractivity (Wildman–Crippen MR) is 121 cm³/mol. The molecule has 1 aliphatic rings. The van der Waals surface area contributed by atoms with E-state index in [1.807, 2.05) is 0 Å². The van der Waals surface area contributed by atoms with Gasteiger partial charge in [0, 0.05) is 37.5 Å². The minimum absolute atomic E-state index is 0.195. The number of nitrogens with one attached hydrogen (secondary N) is 2. The largest absolute Gasteiger partial charge is 0.474 e. The van der Waals surface area contributed by atoms with Gasteiger partial charge in [-0.1, -0.05) is 0 Å². The summed E-state index contributed by atoms with van der Waals surface area (Å²) in [6, 6.07) is 9.75. The van der Waals surface area contributed by atoms with Crippen LogP contribution in [0.5, 0.6) is 5.75 Å². The summed E-state index contributed by atoms with van der Waals surface area (Å²) in [7, 11) is -3.84. The molecule has 2 amide bonds. The molecule has 12 heteroatoms. The maximum atomic E-state index is 12.7. The van der Waals surface area contributed by atoms with Crippen LogP contribution in [0.2, 0.25) is 0 Å². The van der Waals surface area contributed by atoms with Crippen LogP contribution in [-0.2, 0) is 19.6 Å². The van der Waals surface area contributed by atoms with Gasteiger partial charge in [0.2, 0.25) is 15.9 Å². The van der Waals surface area contributed by atoms with E-state index < -0.39 is 32.6 Å². The van der Waals surface area contributed by atoms with Gasteiger partial charge in [-0.05, 0) is 56.2 Å². The number of carbonyl (C=O) groups excluding carboxylic acids is 2. The summed E-state index contributed by atoms with van der Waals surface area (Å²) in [6.07, 6.45) is 0.371. The van der Waals surface area contributed by atoms with Crippen molar-refractivity contribution < 1.29 is 27.7 Å². The lowest BCUT2D eigenvalue weighted by Crippen LogP contribution is -2.30. The molecule has 2 N–H and O–H groups in total. The first kappa shape index (κ1) is 24.1. The lowest BCUT2D eigenvalue weighted by Gasteiger charge is -2.17. The topological polar surface area (TPSA) is 148 Å². The number of sulfonamides is 1. The summed E-state index contributed by atoms with van der Waals surface area (Å²) >= 11 is 0. The smallest absolute Gasteiger partial charge is 0.312 e. The predicted octanol–water partition coefficient (Wildman–Crippen LogP) is 2.74. The van der Waals surface area contributed by atoms with Crippen LogP contribution in [0.4, 0.5) is 17.1 Å². The van der Waals surface area contributed by atoms with E-state index in [1.54, 1.807) is 24.3 Å². The van der Waals surface area contributed by atoms with Gasteiger partial charge in [0.25, 0.3) is 5.91 Å². The molecule has 3 rings (SSSR count). The normalized spacial score (nSPS) is 15.0. The van der Waals surface area contributed by atoms with E-state index in [0.29, 0.717) is 24.5 Å². The van der Waals surface area contributed by atoms with Crippen LogP contribution in [-0.4, -0.2) is 48.7 Å². The fourth-order valence-corrected chi connectivity index (χ4v) is 4.84. The van der Waals surface area contributed by atoms with Crippen molar-refractivity contribution in [1.82, 2.24) is 4.31 Å². The van der Waals surface area contributed by atoms with E-state index >= 15 is 0 Å². The zero-order valence-corrected chi connectivity index (χ0v) is 18.9. The second kappa shape index (κ2) is 9.96. The molecule has 11 nitrogen and oxygen atoms in total. The van der Waals surface area contributed by atoms with Gasteiger partial charge in [0.05, 0.1) is 9.82 Å². The fraction of sp³-hybridized carbons (Fsp3) is 0.333. The van der Waals surface area contributed by atoms with Crippen LogP contribution in [0.1, 0.15) is 26.7 Å². The van der Waals surface area contributed by atoms with Crippen LogP contribution in [0.3, 0.4) is 0 Å². The van der Waals surface area contributed by atoms with Crippen LogP contribution in [0, 0.1) is 10.1 Å². The number of ether oxygens (including phenoxy) is 1. The molecular weight excluding hydrogens is 452 g/mol. The summed E-state index contributed by atoms with van der Waals surface area (Å²) in [4.78, 5) is 34.2. The molecule has 0 spiro atoms. The Hall–Kier alpha value is -3.51. The number of hydrogen-bond acceptors (Lipinski definition) is 7. The van der Waals surface area contributed by atoms with Crippen molar-refractivity contribution in [3.63, 3.8) is 0 Å². The molecule has 1 heterocycles. The van der Waals surface area contributed by atoms with Gasteiger partial charge in [-0.2, -0.15) is 4.31 Å². The monoisotopic (exact) mass is 476 g/mol. The number of nitro groups is 1. The second-order valence-electron chi connectivity index (χ2n) is 7.51. The average molecular weight is 477 g/mol. The molecule has 1 fully saturated rings. The van der Waals surface area contributed by atoms with Gasteiger partial charge in [-0.3, -0.25) is 19.7 Å². The Morgan fingerprint density at radius 2 is 1.64 bits per heavy atom. The molecule has 2 aromatic rings. The Labute approximate surface area is 190 Å². The summed E-state index contributed by atoms with van der Waals surface area (Å²) in [5.74, 6) is -1.01. The van der Waals surface area contributed by atoms with Gasteiger partial charge >= 0.3 is 5.69 Å². The number of nitro benzene ring substituents is 1. The number of amides is 2. The molecule has 1 atom stereocenters. The molecule has 0 saturated carbocycles. The third-order valence-electron chi connectivity index (χ3n) is 4.98. The zero-order valence-electron chi connectivity index (χ0n) is 18.1. The maximum absolute atomic E-state index is 12.7. The van der Waals surface area contributed by atoms with E-state index in [-0.39, 0.29) is 16.6 Å². The third kappa shape index (κ3) is 5.84. The van der Waals surface area contributed by atoms with Crippen molar-refractivity contribution in [1.29, 1.82) is 0 Å². The minimum Gasteiger partial charge on any atom is -0.474 e. The molecule has 33 heavy (non-hydrogen) atoms. The quantitative estimate of drug-likeness (QED) is 0.440. The van der Waals surface area contributed by atoms with Crippen LogP contribution in [0.15, 0.2) is 47.4 Å². The first-order valence-electron chi connectivity index (χ1n) is 10.2. The van der Waals surface area contributed by atoms with Gasteiger partial charge < -0.3 is 15.4 Å². The molecule has 1 aliphatic heterocycles. The Morgan fingerprint density at radius 3 is 2.18 bits per heavy atom. The second-order valence-corrected chi connectivity index (χ2v) is 9.44. The molecule has 0 aromatic heterocycles. The summed E-state index contributed by atoms with van der Waals surface area (Å²) in [6.45, 7) is 3.54. The molecule has 1 saturated heterocycles. The number of hydrogen-bond donors (Lipinski definition) is 2. The summed E-state index contributed by atoms with van der Waals surface area (Å²) in [5, 5.41) is 16.8. The summed E-state index contributed by atoms with van der Waals surface area (Å²) in [5.41, 5.74) is 0.449. The van der Waals surface area contributed by atoms with Crippen molar-refractivity contribution in [2.24, 2.45) is 0 Å². The molecule has 0 bridgehead atoms. The van der Waals surface area contributed by atoms with Crippen LogP contribution < -0.4 is 15.4 Å². The average Bonchev–Trinajstić information content (AvgIpc) is 3.30. The van der Waals surface area contributed by atoms with Crippen molar-refractivity contribution in [2.75, 3.05) is 23.7 Å². The fourth-order valence-electron chi connectivity index (χ4n) is 3.31. The number of anilines is 2. The maximum Gasteiger partial charge on any atom is 0.312 e. The Balaban J connectivity index is 1.73. The number of nitrogens with zero attached hydrogens (tertiary/aromatic N) is 2. The number of carbonyl (C=O) groups is 2. The lowest BCUT2D eigenvalue weighted by molar-refractivity contribution is -0.386. The highest BCUT2D eigenvalue weighted by atomic mass is 32.2. The van der Waals surface area contributed by atoms with Gasteiger partial charge in [0.15, 0.2) is 11.9 Å². The SMILES string of the molecule is CC(=O)Nc1ccc(NC(=O)C(C)Oc2ccc(S(=O)(=O)N3CCCC3)cc2[N+](=O)[O-])cc1. The number of rotatable bonds is 8. The van der Waals surface area contributed by atoms with E-state index in [0.717, 1.165) is 18.9 Å². The Bertz CT molecular complexity index is 1160. The van der Waals surface area contributed by atoms with Crippen molar-refractivity contribution >= 4 is 38.9 Å². The van der Waals surface area contributed by atoms with E-state index in [1.165, 1.54) is 30.3 Å². The van der Waals surface area contributed by atoms with E-state index in [9.17, 15) is 28.1 Å². The Kier molecular flexibility index (Phi) is 7.29. The molecule has 0 radical (unpaired) electrons. The van der Waals surface area contributed by atoms with E-state index in [2.05, 4.69) is 10.6 Å². The van der Waals surface area contributed by atoms with Crippen molar-refractivity contribution in [3.05, 3.63) is 52.6 Å². The van der Waals surface area contributed by atoms with Gasteiger partial charge in [0.1, 0.15) is 0 Å². The molecule has 0 aliphatic carbocycles. The minimum atomic E-state index is -3.84. The molecular formula is C21H24N4O7S. The van der Waals surface area contributed by atoms with Crippen molar-refractivity contribution in [3.8, 4) is 5.75 Å². The first-order valence-corrected chi connectivity index (χ1v) is 11.7. The molecule has 176 valence electrons. The highest BCUT2D eigenvalue weighted by molar-refractivity contribution is 7.89. The highest BCUT2D eigenvalue weighted by Gasteiger charge is 2.30. The van der Waals surface area contributed by atoms with Crippen LogP contribution >= 0.6 is 0 Å². The highest BCUT2D eigenvalue weighted by Crippen LogP contribution is 2.32. The van der Waals surface area contributed by atoms with Gasteiger partial charge in [-0.25, -0.2) is 8.42 Å². The zero-order chi connectivity index (χ0) is 24.2. The molecule has 1 unspecified atom stereocenters. The number of benzene rings is 2. The standard InChI is InChI=1S/C21H24N4O7S/c1-14(21(27)23-17-7-5-16(6-8-17)22-15(2)26)32-20-10-9-18(13-19(20)25(28)29)33(30,31)24-11-3-4-12-24/h5-10,13-14H,3-4,11-12H2,1-2H3,(H,22,26)(H,23,27). The Morgan fingerprint density at radius 1 is 1.06 bits per heavy atom. The van der Waals surface area contributed by atoms with Crippen molar-refractivity contribution in [2.45, 2.75) is 37.7 Å². The third-order valence-corrected chi connectivity index (χ3v) is 6.87. The summed E-state index contributed by atoms with van der Waals surface area (Å²) < 4.78 is 32.2. The van der Waals surface area contributed by atoms with Crippen LogP contribution in [0.25, 0.3) is 0 Å². The van der Waals surface area contributed by atoms with Gasteiger partial charge in [-0.15, -0.1) is 0 Å². The van der Waals surface area contributed by atoms with E-state index in [4.69, 9.17) is 4.74 Å². The molecule has 2 aromatic carbocycles.